The molecular formula is C18H18F3N3O2. The highest BCUT2D eigenvalue weighted by molar-refractivity contribution is 5.94. The van der Waals surface area contributed by atoms with Crippen LogP contribution in [0.3, 0.4) is 0 Å². The fraction of sp³-hybridized carbons (Fsp3) is 0.333. The first kappa shape index (κ1) is 18.0. The molecule has 0 saturated carbocycles. The number of nitrogens with one attached hydrogen (secondary N) is 1. The lowest BCUT2D eigenvalue weighted by molar-refractivity contribution is -0.137. The number of halogens is 3. The van der Waals surface area contributed by atoms with Crippen LogP contribution in [0.4, 0.5) is 13.2 Å². The lowest BCUT2D eigenvalue weighted by Crippen LogP contribution is -2.51. The summed E-state index contributed by atoms with van der Waals surface area (Å²) in [6.07, 6.45) is -0.602. The van der Waals surface area contributed by atoms with Crippen molar-refractivity contribution in [2.45, 2.75) is 12.6 Å². The van der Waals surface area contributed by atoms with E-state index in [1.54, 1.807) is 22.2 Å². The molecule has 8 heteroatoms. The Morgan fingerprint density at radius 3 is 2.12 bits per heavy atom. The highest BCUT2D eigenvalue weighted by Gasteiger charge is 2.31. The van der Waals surface area contributed by atoms with Crippen molar-refractivity contribution in [1.82, 2.24) is 14.8 Å². The number of aromatic amines is 1. The van der Waals surface area contributed by atoms with Gasteiger partial charge in [0.2, 0.25) is 5.91 Å². The van der Waals surface area contributed by atoms with E-state index in [0.717, 1.165) is 17.7 Å². The van der Waals surface area contributed by atoms with Crippen LogP contribution >= 0.6 is 0 Å². The van der Waals surface area contributed by atoms with Crippen LogP contribution in [0.25, 0.3) is 0 Å². The van der Waals surface area contributed by atoms with E-state index in [9.17, 15) is 22.8 Å². The molecule has 26 heavy (non-hydrogen) atoms. The molecule has 1 aliphatic heterocycles. The fourth-order valence-corrected chi connectivity index (χ4v) is 2.90. The van der Waals surface area contributed by atoms with Gasteiger partial charge in [0.1, 0.15) is 0 Å². The number of carbonyl (C=O) groups excluding carboxylic acids is 2. The van der Waals surface area contributed by atoms with Crippen LogP contribution in [0, 0.1) is 0 Å². The Labute approximate surface area is 148 Å². The average molecular weight is 365 g/mol. The van der Waals surface area contributed by atoms with E-state index in [0.29, 0.717) is 32.6 Å². The Bertz CT molecular complexity index is 762. The molecule has 0 aliphatic carbocycles. The summed E-state index contributed by atoms with van der Waals surface area (Å²) < 4.78 is 37.8. The zero-order chi connectivity index (χ0) is 18.7. The van der Waals surface area contributed by atoms with Crippen LogP contribution in [0.2, 0.25) is 0 Å². The average Bonchev–Trinajstić information content (AvgIpc) is 3.13. The molecule has 1 aromatic heterocycles. The summed E-state index contributed by atoms with van der Waals surface area (Å²) in [6, 6.07) is 6.03. The van der Waals surface area contributed by atoms with E-state index in [-0.39, 0.29) is 17.4 Å². The van der Waals surface area contributed by atoms with E-state index < -0.39 is 11.7 Å². The summed E-state index contributed by atoms with van der Waals surface area (Å²) in [5.41, 5.74) is 0.331. The third-order valence-electron chi connectivity index (χ3n) is 4.40. The SMILES string of the molecule is O=C(Cc1cc[nH]c1)N1CCN(C(=O)c2ccc(C(F)(F)F)cc2)CC1. The Kier molecular flexibility index (Phi) is 5.01. The summed E-state index contributed by atoms with van der Waals surface area (Å²) >= 11 is 0. The van der Waals surface area contributed by atoms with E-state index >= 15 is 0 Å². The highest BCUT2D eigenvalue weighted by atomic mass is 19.4. The number of piperazine rings is 1. The number of amides is 2. The number of alkyl halides is 3. The first-order valence-electron chi connectivity index (χ1n) is 8.20. The van der Waals surface area contributed by atoms with E-state index in [1.807, 2.05) is 6.07 Å². The van der Waals surface area contributed by atoms with Crippen molar-refractivity contribution >= 4 is 11.8 Å². The van der Waals surface area contributed by atoms with Gasteiger partial charge in [0.25, 0.3) is 5.91 Å². The van der Waals surface area contributed by atoms with Gasteiger partial charge in [-0.15, -0.1) is 0 Å². The standard InChI is InChI=1S/C18H18F3N3O2/c19-18(20,21)15-3-1-14(2-4-15)17(26)24-9-7-23(8-10-24)16(25)11-13-5-6-22-12-13/h1-6,12,22H,7-11H2. The van der Waals surface area contributed by atoms with Gasteiger partial charge in [0, 0.05) is 44.1 Å². The number of rotatable bonds is 3. The summed E-state index contributed by atoms with van der Waals surface area (Å²) in [6.45, 7) is 1.54. The van der Waals surface area contributed by atoms with E-state index in [2.05, 4.69) is 4.98 Å². The number of aromatic nitrogens is 1. The molecule has 0 spiro atoms. The van der Waals surface area contributed by atoms with Crippen molar-refractivity contribution in [2.24, 2.45) is 0 Å². The molecule has 2 amide bonds. The number of hydrogen-bond donors (Lipinski definition) is 1. The maximum Gasteiger partial charge on any atom is 0.416 e. The number of benzene rings is 1. The van der Waals surface area contributed by atoms with Gasteiger partial charge in [-0.25, -0.2) is 0 Å². The van der Waals surface area contributed by atoms with Crippen molar-refractivity contribution in [2.75, 3.05) is 26.2 Å². The van der Waals surface area contributed by atoms with Crippen molar-refractivity contribution < 1.29 is 22.8 Å². The predicted octanol–water partition coefficient (Wildman–Crippen LogP) is 2.56. The number of hydrogen-bond acceptors (Lipinski definition) is 2. The normalized spacial score (nSPS) is 15.2. The second-order valence-electron chi connectivity index (χ2n) is 6.14. The molecule has 0 radical (unpaired) electrons. The molecule has 2 heterocycles. The maximum atomic E-state index is 12.6. The molecule has 0 unspecified atom stereocenters. The van der Waals surface area contributed by atoms with Gasteiger partial charge < -0.3 is 14.8 Å². The molecule has 1 N–H and O–H groups in total. The lowest BCUT2D eigenvalue weighted by Gasteiger charge is -2.35. The molecule has 138 valence electrons. The summed E-state index contributed by atoms with van der Waals surface area (Å²) in [5, 5.41) is 0. The molecule has 5 nitrogen and oxygen atoms in total. The van der Waals surface area contributed by atoms with Crippen LogP contribution in [0.5, 0.6) is 0 Å². The van der Waals surface area contributed by atoms with Gasteiger partial charge in [-0.2, -0.15) is 13.2 Å². The Balaban J connectivity index is 1.55. The van der Waals surface area contributed by atoms with Gasteiger partial charge in [-0.3, -0.25) is 9.59 Å². The molecule has 1 aliphatic rings. The third kappa shape index (κ3) is 4.07. The zero-order valence-corrected chi connectivity index (χ0v) is 13.9. The van der Waals surface area contributed by atoms with Crippen molar-refractivity contribution in [1.29, 1.82) is 0 Å². The van der Waals surface area contributed by atoms with Gasteiger partial charge in [0.05, 0.1) is 12.0 Å². The monoisotopic (exact) mass is 365 g/mol. The molecule has 1 aromatic carbocycles. The molecule has 2 aromatic rings. The largest absolute Gasteiger partial charge is 0.416 e. The van der Waals surface area contributed by atoms with Crippen LogP contribution in [0.15, 0.2) is 42.7 Å². The number of carbonyl (C=O) groups is 2. The minimum atomic E-state index is -4.42. The Hall–Kier alpha value is -2.77. The molecular weight excluding hydrogens is 347 g/mol. The van der Waals surface area contributed by atoms with Crippen molar-refractivity contribution in [3.05, 3.63) is 59.4 Å². The summed E-state index contributed by atoms with van der Waals surface area (Å²) in [5.74, 6) is -0.331. The van der Waals surface area contributed by atoms with Gasteiger partial charge in [-0.1, -0.05) is 0 Å². The lowest BCUT2D eigenvalue weighted by atomic mass is 10.1. The van der Waals surface area contributed by atoms with Crippen LogP contribution in [0.1, 0.15) is 21.5 Å². The van der Waals surface area contributed by atoms with Gasteiger partial charge >= 0.3 is 6.18 Å². The predicted molar refractivity (Wildman–Crippen MR) is 88.4 cm³/mol. The minimum absolute atomic E-state index is 0.00812. The number of H-pyrrole nitrogens is 1. The van der Waals surface area contributed by atoms with Gasteiger partial charge in [-0.05, 0) is 35.9 Å². The topological polar surface area (TPSA) is 56.4 Å². The smallest absolute Gasteiger partial charge is 0.367 e. The van der Waals surface area contributed by atoms with Crippen LogP contribution in [-0.2, 0) is 17.4 Å². The Morgan fingerprint density at radius 2 is 1.58 bits per heavy atom. The first-order chi connectivity index (χ1) is 12.3. The fourth-order valence-electron chi connectivity index (χ4n) is 2.90. The van der Waals surface area contributed by atoms with Crippen LogP contribution in [-0.4, -0.2) is 52.8 Å². The quantitative estimate of drug-likeness (QED) is 0.909. The summed E-state index contributed by atoms with van der Waals surface area (Å²) in [4.78, 5) is 30.8. The maximum absolute atomic E-state index is 12.6. The number of nitrogens with zero attached hydrogens (tertiary/aromatic N) is 2. The summed E-state index contributed by atoms with van der Waals surface area (Å²) in [7, 11) is 0. The second kappa shape index (κ2) is 7.23. The van der Waals surface area contributed by atoms with Gasteiger partial charge in [0.15, 0.2) is 0 Å². The molecule has 1 saturated heterocycles. The zero-order valence-electron chi connectivity index (χ0n) is 13.9. The first-order valence-corrected chi connectivity index (χ1v) is 8.20. The van der Waals surface area contributed by atoms with E-state index in [1.165, 1.54) is 12.1 Å². The molecule has 0 bridgehead atoms. The third-order valence-corrected chi connectivity index (χ3v) is 4.40. The molecule has 0 atom stereocenters. The van der Waals surface area contributed by atoms with Crippen molar-refractivity contribution in [3.63, 3.8) is 0 Å². The highest BCUT2D eigenvalue weighted by Crippen LogP contribution is 2.29. The Morgan fingerprint density at radius 1 is 0.962 bits per heavy atom. The van der Waals surface area contributed by atoms with Crippen molar-refractivity contribution in [3.8, 4) is 0 Å². The minimum Gasteiger partial charge on any atom is -0.367 e. The second-order valence-corrected chi connectivity index (χ2v) is 6.14. The van der Waals surface area contributed by atoms with E-state index in [4.69, 9.17) is 0 Å². The molecule has 3 rings (SSSR count). The van der Waals surface area contributed by atoms with Crippen LogP contribution < -0.4 is 0 Å². The molecule has 1 fully saturated rings.